The lowest BCUT2D eigenvalue weighted by atomic mass is 10.2. The van der Waals surface area contributed by atoms with Crippen molar-refractivity contribution in [3.8, 4) is 5.75 Å². The van der Waals surface area contributed by atoms with E-state index in [0.29, 0.717) is 16.3 Å². The first kappa shape index (κ1) is 15.3. The molecule has 0 heterocycles. The molecular weight excluding hydrogens is 293 g/mol. The molecule has 1 atom stereocenters. The van der Waals surface area contributed by atoms with Gasteiger partial charge < -0.3 is 10.1 Å². The van der Waals surface area contributed by atoms with Crippen LogP contribution in [-0.4, -0.2) is 12.0 Å². The lowest BCUT2D eigenvalue weighted by Crippen LogP contribution is -2.35. The molecule has 0 aliphatic rings. The van der Waals surface area contributed by atoms with Gasteiger partial charge >= 0.3 is 0 Å². The average Bonchev–Trinajstić information content (AvgIpc) is 2.47. The molecule has 2 aromatic rings. The maximum absolute atomic E-state index is 13.0. The third-order valence-corrected chi connectivity index (χ3v) is 3.18. The summed E-state index contributed by atoms with van der Waals surface area (Å²) < 4.78 is 18.5. The van der Waals surface area contributed by atoms with Crippen LogP contribution in [0.2, 0.25) is 5.02 Å². The van der Waals surface area contributed by atoms with Crippen molar-refractivity contribution < 1.29 is 13.9 Å². The van der Waals surface area contributed by atoms with Crippen molar-refractivity contribution in [3.63, 3.8) is 0 Å². The van der Waals surface area contributed by atoms with E-state index in [1.165, 1.54) is 12.1 Å². The van der Waals surface area contributed by atoms with Gasteiger partial charge in [0.25, 0.3) is 5.91 Å². The van der Waals surface area contributed by atoms with Crippen molar-refractivity contribution in [1.29, 1.82) is 0 Å². The summed E-state index contributed by atoms with van der Waals surface area (Å²) in [6.07, 6.45) is -0.696. The molecule has 21 heavy (non-hydrogen) atoms. The molecule has 0 saturated carbocycles. The number of carbonyl (C=O) groups is 1. The van der Waals surface area contributed by atoms with Crippen molar-refractivity contribution in [1.82, 2.24) is 5.32 Å². The SMILES string of the molecule is CC(Oc1ccccc1Cl)C(=O)NCc1cccc(F)c1. The van der Waals surface area contributed by atoms with E-state index in [0.717, 1.165) is 0 Å². The van der Waals surface area contributed by atoms with Crippen LogP contribution < -0.4 is 10.1 Å². The maximum atomic E-state index is 13.0. The van der Waals surface area contributed by atoms with Gasteiger partial charge in [-0.25, -0.2) is 4.39 Å². The first-order valence-electron chi connectivity index (χ1n) is 6.49. The second-order valence-electron chi connectivity index (χ2n) is 4.54. The summed E-state index contributed by atoms with van der Waals surface area (Å²) >= 11 is 5.97. The van der Waals surface area contributed by atoms with Gasteiger partial charge in [0.05, 0.1) is 5.02 Å². The highest BCUT2D eigenvalue weighted by atomic mass is 35.5. The van der Waals surface area contributed by atoms with Gasteiger partial charge in [-0.3, -0.25) is 4.79 Å². The van der Waals surface area contributed by atoms with Gasteiger partial charge in [-0.05, 0) is 36.8 Å². The molecule has 0 saturated heterocycles. The molecule has 0 aromatic heterocycles. The lowest BCUT2D eigenvalue weighted by molar-refractivity contribution is -0.127. The summed E-state index contributed by atoms with van der Waals surface area (Å²) in [5.41, 5.74) is 0.688. The fraction of sp³-hybridized carbons (Fsp3) is 0.188. The Morgan fingerprint density at radius 3 is 2.76 bits per heavy atom. The van der Waals surface area contributed by atoms with Crippen LogP contribution >= 0.6 is 11.6 Å². The van der Waals surface area contributed by atoms with Crippen LogP contribution in [0.3, 0.4) is 0 Å². The van der Waals surface area contributed by atoms with Crippen LogP contribution in [0.25, 0.3) is 0 Å². The van der Waals surface area contributed by atoms with E-state index in [9.17, 15) is 9.18 Å². The van der Waals surface area contributed by atoms with Crippen LogP contribution in [0.5, 0.6) is 5.75 Å². The summed E-state index contributed by atoms with van der Waals surface area (Å²) in [6.45, 7) is 1.87. The van der Waals surface area contributed by atoms with Crippen LogP contribution in [0.1, 0.15) is 12.5 Å². The third-order valence-electron chi connectivity index (χ3n) is 2.87. The van der Waals surface area contributed by atoms with Gasteiger partial charge in [0.1, 0.15) is 11.6 Å². The van der Waals surface area contributed by atoms with E-state index >= 15 is 0 Å². The number of nitrogens with one attached hydrogen (secondary N) is 1. The topological polar surface area (TPSA) is 38.3 Å². The molecule has 5 heteroatoms. The first-order chi connectivity index (χ1) is 10.1. The van der Waals surface area contributed by atoms with Crippen LogP contribution in [0.4, 0.5) is 4.39 Å². The molecule has 0 fully saturated rings. The Morgan fingerprint density at radius 2 is 2.05 bits per heavy atom. The summed E-state index contributed by atoms with van der Waals surface area (Å²) in [4.78, 5) is 11.9. The van der Waals surface area contributed by atoms with Crippen molar-refractivity contribution in [2.75, 3.05) is 0 Å². The Morgan fingerprint density at radius 1 is 1.29 bits per heavy atom. The van der Waals surface area contributed by atoms with E-state index < -0.39 is 6.10 Å². The van der Waals surface area contributed by atoms with Crippen molar-refractivity contribution in [3.05, 3.63) is 64.9 Å². The molecule has 1 amide bonds. The predicted molar refractivity (Wildman–Crippen MR) is 79.8 cm³/mol. The Balaban J connectivity index is 1.90. The minimum Gasteiger partial charge on any atom is -0.479 e. The van der Waals surface area contributed by atoms with Gasteiger partial charge in [0.2, 0.25) is 0 Å². The molecule has 1 unspecified atom stereocenters. The highest BCUT2D eigenvalue weighted by molar-refractivity contribution is 6.32. The number of benzene rings is 2. The summed E-state index contributed by atoms with van der Waals surface area (Å²) in [6, 6.07) is 13.0. The Kier molecular flexibility index (Phi) is 5.17. The Labute approximate surface area is 127 Å². The van der Waals surface area contributed by atoms with E-state index in [-0.39, 0.29) is 18.3 Å². The predicted octanol–water partition coefficient (Wildman–Crippen LogP) is 3.56. The fourth-order valence-electron chi connectivity index (χ4n) is 1.76. The van der Waals surface area contributed by atoms with E-state index in [1.807, 2.05) is 0 Å². The van der Waals surface area contributed by atoms with Gasteiger partial charge in [-0.2, -0.15) is 0 Å². The van der Waals surface area contributed by atoms with Gasteiger partial charge in [0.15, 0.2) is 6.10 Å². The zero-order valence-corrected chi connectivity index (χ0v) is 12.2. The number of para-hydroxylation sites is 1. The quantitative estimate of drug-likeness (QED) is 0.917. The molecule has 0 bridgehead atoms. The smallest absolute Gasteiger partial charge is 0.261 e. The largest absolute Gasteiger partial charge is 0.479 e. The fourth-order valence-corrected chi connectivity index (χ4v) is 1.94. The third kappa shape index (κ3) is 4.46. The van der Waals surface area contributed by atoms with Gasteiger partial charge in [0, 0.05) is 6.54 Å². The molecule has 110 valence electrons. The minimum atomic E-state index is -0.696. The number of rotatable bonds is 5. The van der Waals surface area contributed by atoms with E-state index in [4.69, 9.17) is 16.3 Å². The minimum absolute atomic E-state index is 0.243. The summed E-state index contributed by atoms with van der Waals surface area (Å²) in [5.74, 6) is -0.172. The van der Waals surface area contributed by atoms with E-state index in [2.05, 4.69) is 5.32 Å². The Hall–Kier alpha value is -2.07. The lowest BCUT2D eigenvalue weighted by Gasteiger charge is -2.15. The zero-order valence-electron chi connectivity index (χ0n) is 11.5. The van der Waals surface area contributed by atoms with Crippen molar-refractivity contribution in [2.24, 2.45) is 0 Å². The molecule has 0 radical (unpaired) electrons. The highest BCUT2D eigenvalue weighted by Gasteiger charge is 2.15. The maximum Gasteiger partial charge on any atom is 0.261 e. The molecule has 3 nitrogen and oxygen atoms in total. The highest BCUT2D eigenvalue weighted by Crippen LogP contribution is 2.24. The van der Waals surface area contributed by atoms with Gasteiger partial charge in [-0.1, -0.05) is 35.9 Å². The number of hydrogen-bond donors (Lipinski definition) is 1. The normalized spacial score (nSPS) is 11.8. The Bertz CT molecular complexity index is 633. The molecule has 0 aliphatic heterocycles. The second kappa shape index (κ2) is 7.09. The molecule has 0 spiro atoms. The van der Waals surface area contributed by atoms with Gasteiger partial charge in [-0.15, -0.1) is 0 Å². The van der Waals surface area contributed by atoms with Crippen LogP contribution in [0, 0.1) is 5.82 Å². The molecule has 0 aliphatic carbocycles. The standard InChI is InChI=1S/C16H15ClFNO2/c1-11(21-15-8-3-2-7-14(15)17)16(20)19-10-12-5-4-6-13(18)9-12/h2-9,11H,10H2,1H3,(H,19,20). The number of ether oxygens (including phenoxy) is 1. The monoisotopic (exact) mass is 307 g/mol. The van der Waals surface area contributed by atoms with Crippen LogP contribution in [-0.2, 0) is 11.3 Å². The molecular formula is C16H15ClFNO2. The van der Waals surface area contributed by atoms with Crippen molar-refractivity contribution >= 4 is 17.5 Å². The number of carbonyl (C=O) groups excluding carboxylic acids is 1. The molecule has 2 aromatic carbocycles. The van der Waals surface area contributed by atoms with Crippen LogP contribution in [0.15, 0.2) is 48.5 Å². The summed E-state index contributed by atoms with van der Waals surface area (Å²) in [7, 11) is 0. The molecule has 2 rings (SSSR count). The average molecular weight is 308 g/mol. The summed E-state index contributed by atoms with van der Waals surface area (Å²) in [5, 5.41) is 3.14. The second-order valence-corrected chi connectivity index (χ2v) is 4.95. The number of hydrogen-bond acceptors (Lipinski definition) is 2. The zero-order chi connectivity index (χ0) is 15.2. The van der Waals surface area contributed by atoms with Crippen molar-refractivity contribution in [2.45, 2.75) is 19.6 Å². The first-order valence-corrected chi connectivity index (χ1v) is 6.87. The van der Waals surface area contributed by atoms with E-state index in [1.54, 1.807) is 43.3 Å². The number of amides is 1. The molecule has 1 N–H and O–H groups in total. The number of halogens is 2.